The van der Waals surface area contributed by atoms with Crippen LogP contribution in [0.5, 0.6) is 0 Å². The number of methoxy groups -OCH3 is 2. The molecule has 2 aliphatic heterocycles. The first-order chi connectivity index (χ1) is 13.8. The van der Waals surface area contributed by atoms with Gasteiger partial charge in [-0.15, -0.1) is 0 Å². The second-order valence-corrected chi connectivity index (χ2v) is 11.2. The third-order valence-corrected chi connectivity index (χ3v) is 10.4. The predicted molar refractivity (Wildman–Crippen MR) is 107 cm³/mol. The molecule has 5 nitrogen and oxygen atoms in total. The first-order valence-electron chi connectivity index (χ1n) is 11.7. The average molecular weight is 405 g/mol. The Balaban J connectivity index is 1.35. The Kier molecular flexibility index (Phi) is 3.81. The second-order valence-electron chi connectivity index (χ2n) is 11.2. The summed E-state index contributed by atoms with van der Waals surface area (Å²) in [4.78, 5) is 0. The Labute approximate surface area is 174 Å². The highest BCUT2D eigenvalue weighted by atomic mass is 16.8. The largest absolute Gasteiger partial charge is 0.457 e. The van der Waals surface area contributed by atoms with Gasteiger partial charge in [0.1, 0.15) is 18.0 Å². The summed E-state index contributed by atoms with van der Waals surface area (Å²) in [5.41, 5.74) is 1.78. The zero-order valence-corrected chi connectivity index (χ0v) is 18.4. The van der Waals surface area contributed by atoms with Gasteiger partial charge >= 0.3 is 0 Å². The van der Waals surface area contributed by atoms with E-state index < -0.39 is 11.9 Å². The molecule has 0 aromatic heterocycles. The van der Waals surface area contributed by atoms with Crippen molar-refractivity contribution < 1.29 is 24.1 Å². The fourth-order valence-corrected chi connectivity index (χ4v) is 9.12. The van der Waals surface area contributed by atoms with Crippen molar-refractivity contribution in [3.63, 3.8) is 0 Å². The Morgan fingerprint density at radius 1 is 1.03 bits per heavy atom. The number of epoxide rings is 1. The first-order valence-corrected chi connectivity index (χ1v) is 11.7. The topological polar surface area (TPSA) is 60.5 Å². The molecule has 1 saturated heterocycles. The van der Waals surface area contributed by atoms with Crippen LogP contribution in [0.1, 0.15) is 59.3 Å². The molecular weight excluding hydrogens is 368 g/mol. The SMILES string of the molecule is COC(OC)C(C)[C@H]1CC[C@H]2[C@@H]3[C@@H]4O[C@]45OC4=C5[C@](C)(CC[C@@H]4O)[C@H]3CC[C@]12C. The molecule has 10 atom stereocenters. The van der Waals surface area contributed by atoms with E-state index in [0.29, 0.717) is 35.0 Å². The molecule has 5 heteroatoms. The van der Waals surface area contributed by atoms with Crippen molar-refractivity contribution in [3.05, 3.63) is 11.3 Å². The number of aliphatic hydroxyl groups is 1. The van der Waals surface area contributed by atoms with Gasteiger partial charge in [-0.3, -0.25) is 0 Å². The molecule has 4 fully saturated rings. The van der Waals surface area contributed by atoms with Crippen molar-refractivity contribution in [1.29, 1.82) is 0 Å². The van der Waals surface area contributed by atoms with Crippen molar-refractivity contribution in [1.82, 2.24) is 0 Å². The maximum absolute atomic E-state index is 10.4. The normalized spacial score (nSPS) is 55.3. The van der Waals surface area contributed by atoms with Gasteiger partial charge in [-0.1, -0.05) is 20.8 Å². The lowest BCUT2D eigenvalue weighted by atomic mass is 9.45. The monoisotopic (exact) mass is 404 g/mol. The molecule has 0 aromatic rings. The maximum Gasteiger partial charge on any atom is 0.264 e. The Bertz CT molecular complexity index is 760. The van der Waals surface area contributed by atoms with Crippen LogP contribution in [0.4, 0.5) is 0 Å². The van der Waals surface area contributed by atoms with Gasteiger partial charge in [-0.25, -0.2) is 0 Å². The number of fused-ring (bicyclic) bond motifs is 5. The molecule has 3 saturated carbocycles. The molecule has 6 rings (SSSR count). The highest BCUT2D eigenvalue weighted by molar-refractivity contribution is 5.47. The summed E-state index contributed by atoms with van der Waals surface area (Å²) in [5.74, 6) is 3.27. The number of hydrogen-bond donors (Lipinski definition) is 1. The number of hydrogen-bond acceptors (Lipinski definition) is 5. The zero-order chi connectivity index (χ0) is 20.3. The van der Waals surface area contributed by atoms with Crippen LogP contribution < -0.4 is 0 Å². The highest BCUT2D eigenvalue weighted by Crippen LogP contribution is 2.77. The van der Waals surface area contributed by atoms with Crippen LogP contribution in [0, 0.1) is 40.4 Å². The van der Waals surface area contributed by atoms with Gasteiger partial charge in [0, 0.05) is 25.6 Å². The van der Waals surface area contributed by atoms with Crippen molar-refractivity contribution in [2.75, 3.05) is 14.2 Å². The number of rotatable bonds is 4. The lowest BCUT2D eigenvalue weighted by Crippen LogP contribution is -2.61. The average Bonchev–Trinajstić information content (AvgIpc) is 3.34. The van der Waals surface area contributed by atoms with Gasteiger partial charge in [-0.05, 0) is 67.6 Å². The first kappa shape index (κ1) is 19.1. The Morgan fingerprint density at radius 2 is 1.79 bits per heavy atom. The van der Waals surface area contributed by atoms with E-state index in [2.05, 4.69) is 20.8 Å². The van der Waals surface area contributed by atoms with Gasteiger partial charge in [0.05, 0.1) is 5.57 Å². The van der Waals surface area contributed by atoms with Crippen LogP contribution in [0.2, 0.25) is 0 Å². The molecule has 6 aliphatic rings. The van der Waals surface area contributed by atoms with Crippen LogP contribution in [0.3, 0.4) is 0 Å². The Morgan fingerprint density at radius 3 is 2.52 bits per heavy atom. The van der Waals surface area contributed by atoms with E-state index in [1.807, 2.05) is 0 Å². The molecule has 0 aromatic carbocycles. The van der Waals surface area contributed by atoms with Gasteiger partial charge in [0.2, 0.25) is 0 Å². The number of aliphatic hydroxyl groups excluding tert-OH is 1. The van der Waals surface area contributed by atoms with Gasteiger partial charge in [-0.2, -0.15) is 0 Å². The second kappa shape index (κ2) is 5.79. The van der Waals surface area contributed by atoms with E-state index in [4.69, 9.17) is 18.9 Å². The lowest BCUT2D eigenvalue weighted by Gasteiger charge is -2.61. The van der Waals surface area contributed by atoms with Crippen molar-refractivity contribution in [2.24, 2.45) is 40.4 Å². The molecule has 4 aliphatic carbocycles. The molecule has 0 bridgehead atoms. The van der Waals surface area contributed by atoms with Gasteiger partial charge in [0.25, 0.3) is 5.79 Å². The molecule has 0 radical (unpaired) electrons. The number of ether oxygens (including phenoxy) is 4. The fourth-order valence-electron chi connectivity index (χ4n) is 9.12. The molecule has 0 amide bonds. The Hall–Kier alpha value is -0.620. The summed E-state index contributed by atoms with van der Waals surface area (Å²) >= 11 is 0. The molecule has 2 heterocycles. The van der Waals surface area contributed by atoms with Crippen LogP contribution in [0.25, 0.3) is 0 Å². The van der Waals surface area contributed by atoms with Crippen molar-refractivity contribution in [3.8, 4) is 0 Å². The van der Waals surface area contributed by atoms with E-state index in [0.717, 1.165) is 18.6 Å². The van der Waals surface area contributed by atoms with E-state index in [-0.39, 0.29) is 17.8 Å². The van der Waals surface area contributed by atoms with Crippen LogP contribution in [-0.4, -0.2) is 43.6 Å². The fraction of sp³-hybridized carbons (Fsp3) is 0.917. The molecule has 1 spiro atoms. The zero-order valence-electron chi connectivity index (χ0n) is 18.4. The summed E-state index contributed by atoms with van der Waals surface area (Å²) in [6.45, 7) is 7.28. The minimum atomic E-state index is -0.476. The predicted octanol–water partition coefficient (Wildman–Crippen LogP) is 3.85. The third-order valence-electron chi connectivity index (χ3n) is 10.4. The standard InChI is InChI=1S/C24H36O5/c1-12(21(26-4)27-5)13-6-7-14-17-15(8-10-22(13,14)2)23(3)11-9-16(25)18-19(23)24(28-18)20(17)29-24/h12-17,20-21,25H,6-11H2,1-5H3/t12?,13-,14+,15+,16+,17+,20+,22-,23-,24+/m1/s1. The van der Waals surface area contributed by atoms with E-state index in [1.165, 1.54) is 31.3 Å². The van der Waals surface area contributed by atoms with Crippen molar-refractivity contribution in [2.45, 2.75) is 83.6 Å². The minimum absolute atomic E-state index is 0.132. The molecular formula is C24H36O5. The van der Waals surface area contributed by atoms with E-state index >= 15 is 0 Å². The van der Waals surface area contributed by atoms with Crippen LogP contribution >= 0.6 is 0 Å². The van der Waals surface area contributed by atoms with Gasteiger partial charge < -0.3 is 24.1 Å². The molecule has 29 heavy (non-hydrogen) atoms. The summed E-state index contributed by atoms with van der Waals surface area (Å²) in [6, 6.07) is 0. The smallest absolute Gasteiger partial charge is 0.264 e. The van der Waals surface area contributed by atoms with Crippen LogP contribution in [0.15, 0.2) is 11.3 Å². The van der Waals surface area contributed by atoms with E-state index in [9.17, 15) is 5.11 Å². The summed E-state index contributed by atoms with van der Waals surface area (Å²) in [7, 11) is 3.52. The quantitative estimate of drug-likeness (QED) is 0.570. The summed E-state index contributed by atoms with van der Waals surface area (Å²) < 4.78 is 23.9. The summed E-state index contributed by atoms with van der Waals surface area (Å²) in [5, 5.41) is 10.4. The third kappa shape index (κ3) is 2.07. The minimum Gasteiger partial charge on any atom is -0.457 e. The van der Waals surface area contributed by atoms with Crippen molar-refractivity contribution >= 4 is 0 Å². The lowest BCUT2D eigenvalue weighted by molar-refractivity contribution is -0.167. The molecule has 162 valence electrons. The molecule has 1 N–H and O–H groups in total. The maximum atomic E-state index is 10.4. The van der Waals surface area contributed by atoms with Gasteiger partial charge in [0.15, 0.2) is 6.29 Å². The molecule has 1 unspecified atom stereocenters. The van der Waals surface area contributed by atoms with Crippen LogP contribution in [-0.2, 0) is 18.9 Å². The van der Waals surface area contributed by atoms with E-state index in [1.54, 1.807) is 14.2 Å². The highest BCUT2D eigenvalue weighted by Gasteiger charge is 2.82. The summed E-state index contributed by atoms with van der Waals surface area (Å²) in [6.07, 6.45) is 6.58.